The minimum Gasteiger partial charge on any atom is -0.380 e. The maximum absolute atomic E-state index is 6.01. The topological polar surface area (TPSA) is 38.5 Å². The summed E-state index contributed by atoms with van der Waals surface area (Å²) in [5.74, 6) is 0.830. The first-order valence-electron chi connectivity index (χ1n) is 6.64. The molecular formula is C13H26N2O. The molecule has 1 unspecified atom stereocenters. The summed E-state index contributed by atoms with van der Waals surface area (Å²) in [7, 11) is 4.41. The zero-order valence-corrected chi connectivity index (χ0v) is 10.7. The summed E-state index contributed by atoms with van der Waals surface area (Å²) < 4.78 is 5.44. The van der Waals surface area contributed by atoms with E-state index in [1.807, 2.05) is 0 Å². The lowest BCUT2D eigenvalue weighted by molar-refractivity contribution is -0.157. The minimum atomic E-state index is 0.242. The van der Waals surface area contributed by atoms with Crippen LogP contribution in [0.1, 0.15) is 32.1 Å². The average Bonchev–Trinajstić information content (AvgIpc) is 2.24. The van der Waals surface area contributed by atoms with E-state index in [-0.39, 0.29) is 5.41 Å². The first kappa shape index (κ1) is 12.3. The van der Waals surface area contributed by atoms with Crippen molar-refractivity contribution in [2.24, 2.45) is 17.1 Å². The molecule has 1 aliphatic carbocycles. The summed E-state index contributed by atoms with van der Waals surface area (Å²) in [6, 6.07) is 0.617. The van der Waals surface area contributed by atoms with E-state index >= 15 is 0 Å². The van der Waals surface area contributed by atoms with Crippen molar-refractivity contribution in [2.75, 3.05) is 33.9 Å². The van der Waals surface area contributed by atoms with Gasteiger partial charge in [-0.15, -0.1) is 0 Å². The molecule has 1 atom stereocenters. The normalized spacial score (nSPS) is 27.8. The first-order valence-corrected chi connectivity index (χ1v) is 6.64. The van der Waals surface area contributed by atoms with E-state index in [1.54, 1.807) is 0 Å². The predicted octanol–water partition coefficient (Wildman–Crippen LogP) is 1.47. The fourth-order valence-corrected chi connectivity index (χ4v) is 3.69. The molecular weight excluding hydrogens is 200 g/mol. The molecule has 3 heteroatoms. The van der Waals surface area contributed by atoms with Crippen LogP contribution in [-0.4, -0.2) is 44.8 Å². The van der Waals surface area contributed by atoms with E-state index in [2.05, 4.69) is 19.0 Å². The highest BCUT2D eigenvalue weighted by Gasteiger charge is 2.48. The third-order valence-electron chi connectivity index (χ3n) is 4.47. The average molecular weight is 226 g/mol. The van der Waals surface area contributed by atoms with Gasteiger partial charge in [0.1, 0.15) is 0 Å². The lowest BCUT2D eigenvalue weighted by Crippen LogP contribution is -2.62. The summed E-state index contributed by atoms with van der Waals surface area (Å²) in [5.41, 5.74) is 6.25. The molecule has 2 rings (SSSR count). The fourth-order valence-electron chi connectivity index (χ4n) is 3.69. The fraction of sp³-hybridized carbons (Fsp3) is 1.00. The third kappa shape index (κ3) is 2.13. The van der Waals surface area contributed by atoms with Crippen LogP contribution in [0.15, 0.2) is 0 Å². The largest absolute Gasteiger partial charge is 0.380 e. The van der Waals surface area contributed by atoms with Gasteiger partial charge in [0, 0.05) is 18.0 Å². The summed E-state index contributed by atoms with van der Waals surface area (Å²) >= 11 is 0. The van der Waals surface area contributed by atoms with E-state index < -0.39 is 0 Å². The summed E-state index contributed by atoms with van der Waals surface area (Å²) in [5, 5.41) is 0. The number of ether oxygens (including phenoxy) is 1. The molecule has 0 amide bonds. The molecule has 0 aromatic rings. The van der Waals surface area contributed by atoms with Gasteiger partial charge in [0.25, 0.3) is 0 Å². The second kappa shape index (κ2) is 5.03. The van der Waals surface area contributed by atoms with Crippen LogP contribution < -0.4 is 5.73 Å². The second-order valence-corrected chi connectivity index (χ2v) is 5.87. The van der Waals surface area contributed by atoms with E-state index in [1.165, 1.54) is 32.1 Å². The Bertz CT molecular complexity index is 214. The second-order valence-electron chi connectivity index (χ2n) is 5.87. The lowest BCUT2D eigenvalue weighted by Gasteiger charge is -2.52. The van der Waals surface area contributed by atoms with Gasteiger partial charge in [-0.25, -0.2) is 0 Å². The molecule has 0 aromatic heterocycles. The van der Waals surface area contributed by atoms with Crippen LogP contribution in [0.4, 0.5) is 0 Å². The van der Waals surface area contributed by atoms with Crippen molar-refractivity contribution in [3.8, 4) is 0 Å². The Labute approximate surface area is 99.3 Å². The van der Waals surface area contributed by atoms with Crippen molar-refractivity contribution < 1.29 is 4.74 Å². The molecule has 0 bridgehead atoms. The molecule has 0 spiro atoms. The third-order valence-corrected chi connectivity index (χ3v) is 4.47. The Morgan fingerprint density at radius 2 is 1.88 bits per heavy atom. The number of nitrogens with zero attached hydrogens (tertiary/aromatic N) is 1. The molecule has 1 aliphatic heterocycles. The summed E-state index contributed by atoms with van der Waals surface area (Å²) in [4.78, 5) is 2.39. The van der Waals surface area contributed by atoms with Crippen LogP contribution in [0.3, 0.4) is 0 Å². The van der Waals surface area contributed by atoms with Crippen LogP contribution in [0.2, 0.25) is 0 Å². The lowest BCUT2D eigenvalue weighted by atomic mass is 9.68. The Kier molecular flexibility index (Phi) is 3.88. The van der Waals surface area contributed by atoms with Crippen molar-refractivity contribution in [1.29, 1.82) is 0 Å². The summed E-state index contributed by atoms with van der Waals surface area (Å²) in [6.45, 7) is 2.50. The van der Waals surface area contributed by atoms with Crippen molar-refractivity contribution >= 4 is 0 Å². The quantitative estimate of drug-likeness (QED) is 0.789. The van der Waals surface area contributed by atoms with Gasteiger partial charge in [-0.3, -0.25) is 0 Å². The first-order chi connectivity index (χ1) is 7.69. The number of hydrogen-bond acceptors (Lipinski definition) is 3. The minimum absolute atomic E-state index is 0.242. The van der Waals surface area contributed by atoms with Crippen molar-refractivity contribution in [2.45, 2.75) is 38.1 Å². The Hall–Kier alpha value is -0.120. The van der Waals surface area contributed by atoms with Crippen LogP contribution in [-0.2, 0) is 4.74 Å². The Morgan fingerprint density at radius 3 is 2.25 bits per heavy atom. The Balaban J connectivity index is 2.09. The highest BCUT2D eigenvalue weighted by molar-refractivity contribution is 5.00. The van der Waals surface area contributed by atoms with Gasteiger partial charge in [0.05, 0.1) is 13.2 Å². The molecule has 1 saturated heterocycles. The maximum atomic E-state index is 6.01. The Morgan fingerprint density at radius 1 is 1.25 bits per heavy atom. The van der Waals surface area contributed by atoms with Crippen LogP contribution >= 0.6 is 0 Å². The van der Waals surface area contributed by atoms with Crippen LogP contribution in [0.5, 0.6) is 0 Å². The zero-order valence-electron chi connectivity index (χ0n) is 10.7. The molecule has 3 nitrogen and oxygen atoms in total. The van der Waals surface area contributed by atoms with E-state index in [9.17, 15) is 0 Å². The van der Waals surface area contributed by atoms with Gasteiger partial charge in [0.15, 0.2) is 0 Å². The molecule has 1 heterocycles. The van der Waals surface area contributed by atoms with Gasteiger partial charge in [-0.2, -0.15) is 0 Å². The predicted molar refractivity (Wildman–Crippen MR) is 66.4 cm³/mol. The van der Waals surface area contributed by atoms with E-state index in [4.69, 9.17) is 10.5 Å². The van der Waals surface area contributed by atoms with Gasteiger partial charge in [0.2, 0.25) is 0 Å². The molecule has 0 aromatic carbocycles. The molecule has 2 N–H and O–H groups in total. The standard InChI is InChI=1S/C13H26N2O/c1-15(2)12(11-6-4-3-5-7-11)13(8-14)9-16-10-13/h11-12H,3-10,14H2,1-2H3. The van der Waals surface area contributed by atoms with Crippen molar-refractivity contribution in [3.05, 3.63) is 0 Å². The SMILES string of the molecule is CN(C)C(C1CCCCC1)C1(CN)COC1. The molecule has 1 saturated carbocycles. The van der Waals surface area contributed by atoms with Gasteiger partial charge in [-0.1, -0.05) is 19.3 Å². The van der Waals surface area contributed by atoms with E-state index in [0.717, 1.165) is 25.7 Å². The molecule has 0 radical (unpaired) electrons. The molecule has 16 heavy (non-hydrogen) atoms. The van der Waals surface area contributed by atoms with Crippen LogP contribution in [0.25, 0.3) is 0 Å². The highest BCUT2D eigenvalue weighted by Crippen LogP contribution is 2.41. The highest BCUT2D eigenvalue weighted by atomic mass is 16.5. The smallest absolute Gasteiger partial charge is 0.0572 e. The van der Waals surface area contributed by atoms with Gasteiger partial charge < -0.3 is 15.4 Å². The zero-order chi connectivity index (χ0) is 11.6. The van der Waals surface area contributed by atoms with Gasteiger partial charge >= 0.3 is 0 Å². The number of rotatable bonds is 4. The van der Waals surface area contributed by atoms with Crippen molar-refractivity contribution in [1.82, 2.24) is 4.90 Å². The monoisotopic (exact) mass is 226 g/mol. The van der Waals surface area contributed by atoms with E-state index in [0.29, 0.717) is 6.04 Å². The summed E-state index contributed by atoms with van der Waals surface area (Å²) in [6.07, 6.45) is 6.98. The van der Waals surface area contributed by atoms with Crippen molar-refractivity contribution in [3.63, 3.8) is 0 Å². The molecule has 94 valence electrons. The van der Waals surface area contributed by atoms with Crippen LogP contribution in [0, 0.1) is 11.3 Å². The van der Waals surface area contributed by atoms with Gasteiger partial charge in [-0.05, 0) is 32.9 Å². The maximum Gasteiger partial charge on any atom is 0.0572 e. The molecule has 2 aliphatic rings. The molecule has 2 fully saturated rings. The number of hydrogen-bond donors (Lipinski definition) is 1. The number of nitrogens with two attached hydrogens (primary N) is 1.